The summed E-state index contributed by atoms with van der Waals surface area (Å²) in [4.78, 5) is 0. The monoisotopic (exact) mass is 396 g/mol. The number of hydrogen-bond donors (Lipinski definition) is 0. The first-order valence-corrected chi connectivity index (χ1v) is 12.3. The smallest absolute Gasteiger partial charge is 0.165 e. The van der Waals surface area contributed by atoms with Crippen molar-refractivity contribution in [3.05, 3.63) is 11.6 Å². The highest BCUT2D eigenvalue weighted by Crippen LogP contribution is 2.23. The standard InChI is InChI=1S/C26H52O2/c1-8-10-21-27-26(7,28-22-11-9-2)20-14-19-25(6)18-13-17-24(5)16-12-15-23(3)4/h19,23-24H,8-18,20-22H2,1-7H3/b25-19+. The molecule has 0 aromatic carbocycles. The maximum Gasteiger partial charge on any atom is 0.165 e. The molecular formula is C26H52O2. The van der Waals surface area contributed by atoms with Gasteiger partial charge in [-0.25, -0.2) is 0 Å². The normalized spacial score (nSPS) is 14.1. The van der Waals surface area contributed by atoms with Crippen LogP contribution < -0.4 is 0 Å². The van der Waals surface area contributed by atoms with E-state index in [2.05, 4.69) is 54.5 Å². The Hall–Kier alpha value is -0.340. The topological polar surface area (TPSA) is 18.5 Å². The minimum Gasteiger partial charge on any atom is -0.350 e. The Balaban J connectivity index is 4.16. The maximum atomic E-state index is 6.11. The number of unbranched alkanes of at least 4 members (excludes halogenated alkanes) is 2. The zero-order valence-corrected chi connectivity index (χ0v) is 20.4. The molecule has 2 heteroatoms. The number of hydrogen-bond acceptors (Lipinski definition) is 2. The van der Waals surface area contributed by atoms with Gasteiger partial charge in [0, 0.05) is 19.6 Å². The van der Waals surface area contributed by atoms with Crippen molar-refractivity contribution in [2.45, 2.75) is 131 Å². The minimum absolute atomic E-state index is 0.425. The van der Waals surface area contributed by atoms with Crippen LogP contribution in [0.5, 0.6) is 0 Å². The van der Waals surface area contributed by atoms with E-state index < -0.39 is 5.79 Å². The third-order valence-corrected chi connectivity index (χ3v) is 5.65. The lowest BCUT2D eigenvalue weighted by Crippen LogP contribution is -2.33. The third-order valence-electron chi connectivity index (χ3n) is 5.65. The Labute approximate surface area is 177 Å². The molecule has 0 amide bonds. The second-order valence-electron chi connectivity index (χ2n) is 9.45. The Morgan fingerprint density at radius 3 is 1.96 bits per heavy atom. The van der Waals surface area contributed by atoms with Crippen LogP contribution in [0.2, 0.25) is 0 Å². The van der Waals surface area contributed by atoms with Crippen LogP contribution >= 0.6 is 0 Å². The average Bonchev–Trinajstić information content (AvgIpc) is 2.62. The molecule has 0 fully saturated rings. The second kappa shape index (κ2) is 17.5. The van der Waals surface area contributed by atoms with E-state index in [1.807, 2.05) is 0 Å². The van der Waals surface area contributed by atoms with Crippen molar-refractivity contribution in [2.75, 3.05) is 13.2 Å². The molecule has 0 N–H and O–H groups in total. The van der Waals surface area contributed by atoms with Gasteiger partial charge >= 0.3 is 0 Å². The molecule has 1 unspecified atom stereocenters. The summed E-state index contributed by atoms with van der Waals surface area (Å²) in [6.45, 7) is 17.5. The van der Waals surface area contributed by atoms with Crippen LogP contribution in [0.15, 0.2) is 11.6 Å². The highest BCUT2D eigenvalue weighted by molar-refractivity contribution is 4.98. The molecule has 0 aliphatic carbocycles. The molecule has 0 aliphatic rings. The maximum absolute atomic E-state index is 6.11. The summed E-state index contributed by atoms with van der Waals surface area (Å²) in [5, 5.41) is 0. The van der Waals surface area contributed by atoms with Crippen LogP contribution in [-0.2, 0) is 9.47 Å². The highest BCUT2D eigenvalue weighted by atomic mass is 16.7. The largest absolute Gasteiger partial charge is 0.350 e. The fraction of sp³-hybridized carbons (Fsp3) is 0.923. The van der Waals surface area contributed by atoms with Gasteiger partial charge in [0.2, 0.25) is 0 Å². The molecule has 168 valence electrons. The van der Waals surface area contributed by atoms with Crippen LogP contribution in [0.3, 0.4) is 0 Å². The van der Waals surface area contributed by atoms with Crippen LogP contribution in [0.4, 0.5) is 0 Å². The summed E-state index contributed by atoms with van der Waals surface area (Å²) < 4.78 is 12.2. The molecule has 0 aromatic heterocycles. The quantitative estimate of drug-likeness (QED) is 0.123. The van der Waals surface area contributed by atoms with E-state index in [0.717, 1.165) is 50.7 Å². The second-order valence-corrected chi connectivity index (χ2v) is 9.45. The molecule has 28 heavy (non-hydrogen) atoms. The van der Waals surface area contributed by atoms with Crippen molar-refractivity contribution in [1.82, 2.24) is 0 Å². The molecule has 0 saturated carbocycles. The lowest BCUT2D eigenvalue weighted by molar-refractivity contribution is -0.229. The molecule has 0 aliphatic heterocycles. The first-order valence-electron chi connectivity index (χ1n) is 12.3. The van der Waals surface area contributed by atoms with Crippen molar-refractivity contribution in [2.24, 2.45) is 11.8 Å². The summed E-state index contributed by atoms with van der Waals surface area (Å²) in [5.41, 5.74) is 1.53. The fourth-order valence-electron chi connectivity index (χ4n) is 3.48. The molecule has 2 nitrogen and oxygen atoms in total. The zero-order valence-electron chi connectivity index (χ0n) is 20.4. The molecular weight excluding hydrogens is 344 g/mol. The van der Waals surface area contributed by atoms with Crippen molar-refractivity contribution >= 4 is 0 Å². The van der Waals surface area contributed by atoms with E-state index in [4.69, 9.17) is 9.47 Å². The molecule has 0 aromatic rings. The fourth-order valence-corrected chi connectivity index (χ4v) is 3.48. The number of rotatable bonds is 19. The van der Waals surface area contributed by atoms with E-state index in [1.54, 1.807) is 0 Å². The van der Waals surface area contributed by atoms with Crippen LogP contribution in [0.25, 0.3) is 0 Å². The van der Waals surface area contributed by atoms with Crippen molar-refractivity contribution in [3.63, 3.8) is 0 Å². The first-order chi connectivity index (χ1) is 13.3. The van der Waals surface area contributed by atoms with Gasteiger partial charge in [-0.1, -0.05) is 84.8 Å². The molecule has 0 spiro atoms. The van der Waals surface area contributed by atoms with Gasteiger partial charge in [0.1, 0.15) is 0 Å². The van der Waals surface area contributed by atoms with Crippen LogP contribution in [0, 0.1) is 11.8 Å². The first kappa shape index (κ1) is 27.7. The highest BCUT2D eigenvalue weighted by Gasteiger charge is 2.24. The van der Waals surface area contributed by atoms with Gasteiger partial charge in [0.25, 0.3) is 0 Å². The van der Waals surface area contributed by atoms with Gasteiger partial charge in [-0.2, -0.15) is 0 Å². The average molecular weight is 397 g/mol. The molecule has 1 atom stereocenters. The molecule has 0 saturated heterocycles. The summed E-state index contributed by atoms with van der Waals surface area (Å²) in [6.07, 6.45) is 17.0. The van der Waals surface area contributed by atoms with E-state index >= 15 is 0 Å². The Bertz CT molecular complexity index is 363. The minimum atomic E-state index is -0.425. The zero-order chi connectivity index (χ0) is 21.3. The predicted molar refractivity (Wildman–Crippen MR) is 125 cm³/mol. The third kappa shape index (κ3) is 16.6. The lowest BCUT2D eigenvalue weighted by Gasteiger charge is -2.30. The summed E-state index contributed by atoms with van der Waals surface area (Å²) in [5.74, 6) is 1.29. The molecule has 0 bridgehead atoms. The van der Waals surface area contributed by atoms with Gasteiger partial charge in [0.05, 0.1) is 0 Å². The van der Waals surface area contributed by atoms with E-state index in [1.165, 1.54) is 56.9 Å². The molecule has 0 radical (unpaired) electrons. The van der Waals surface area contributed by atoms with Gasteiger partial charge in [-0.05, 0) is 57.8 Å². The van der Waals surface area contributed by atoms with Gasteiger partial charge in [-0.15, -0.1) is 0 Å². The van der Waals surface area contributed by atoms with Gasteiger partial charge in [-0.3, -0.25) is 0 Å². The summed E-state index contributed by atoms with van der Waals surface area (Å²) in [7, 11) is 0. The van der Waals surface area contributed by atoms with Gasteiger partial charge < -0.3 is 9.47 Å². The predicted octanol–water partition coefficient (Wildman–Crippen LogP) is 8.70. The van der Waals surface area contributed by atoms with Crippen molar-refractivity contribution in [1.29, 1.82) is 0 Å². The van der Waals surface area contributed by atoms with Crippen molar-refractivity contribution < 1.29 is 9.47 Å². The molecule has 0 heterocycles. The summed E-state index contributed by atoms with van der Waals surface area (Å²) in [6, 6.07) is 0. The Kier molecular flexibility index (Phi) is 17.3. The Morgan fingerprint density at radius 1 is 0.857 bits per heavy atom. The lowest BCUT2D eigenvalue weighted by atomic mass is 9.94. The van der Waals surface area contributed by atoms with Crippen molar-refractivity contribution in [3.8, 4) is 0 Å². The van der Waals surface area contributed by atoms with E-state index in [-0.39, 0.29) is 0 Å². The van der Waals surface area contributed by atoms with Crippen LogP contribution in [0.1, 0.15) is 126 Å². The Morgan fingerprint density at radius 2 is 1.43 bits per heavy atom. The van der Waals surface area contributed by atoms with E-state index in [0.29, 0.717) is 0 Å². The van der Waals surface area contributed by atoms with Crippen LogP contribution in [-0.4, -0.2) is 19.0 Å². The van der Waals surface area contributed by atoms with E-state index in [9.17, 15) is 0 Å². The SMILES string of the molecule is CCCCOC(C)(CC/C=C(\C)CCCC(C)CCCC(C)C)OCCCC. The number of allylic oxidation sites excluding steroid dienone is 2. The van der Waals surface area contributed by atoms with Gasteiger partial charge in [0.15, 0.2) is 5.79 Å². The number of ether oxygens (including phenoxy) is 2. The molecule has 0 rings (SSSR count). The summed E-state index contributed by atoms with van der Waals surface area (Å²) >= 11 is 0.